The molecule has 0 aromatic heterocycles. The highest BCUT2D eigenvalue weighted by Crippen LogP contribution is 2.35. The van der Waals surface area contributed by atoms with Crippen molar-refractivity contribution in [2.45, 2.75) is 5.60 Å². The summed E-state index contributed by atoms with van der Waals surface area (Å²) in [5, 5.41) is 0. The van der Waals surface area contributed by atoms with E-state index in [-0.39, 0.29) is 0 Å². The van der Waals surface area contributed by atoms with Gasteiger partial charge in [0.25, 0.3) is 0 Å². The molecule has 1 atom stereocenters. The number of rotatable bonds is 6. The summed E-state index contributed by atoms with van der Waals surface area (Å²) in [5.41, 5.74) is -0.192. The summed E-state index contributed by atoms with van der Waals surface area (Å²) in [7, 11) is 0.998. The third-order valence-electron chi connectivity index (χ3n) is 3.07. The van der Waals surface area contributed by atoms with Gasteiger partial charge in [-0.15, -0.1) is 0 Å². The summed E-state index contributed by atoms with van der Waals surface area (Å²) >= 11 is 0. The van der Waals surface area contributed by atoms with E-state index in [0.29, 0.717) is 23.2 Å². The van der Waals surface area contributed by atoms with Crippen LogP contribution in [-0.2, 0) is 19.5 Å². The molecule has 102 valence electrons. The Bertz CT molecular complexity index is 583. The zero-order chi connectivity index (χ0) is 14.4. The highest BCUT2D eigenvalue weighted by molar-refractivity contribution is 7.17. The lowest BCUT2D eigenvalue weighted by molar-refractivity contribution is -0.118. The quantitative estimate of drug-likeness (QED) is 0.604. The topological polar surface area (TPSA) is 52.6 Å². The molecule has 0 bridgehead atoms. The predicted molar refractivity (Wildman–Crippen MR) is 75.0 cm³/mol. The summed E-state index contributed by atoms with van der Waals surface area (Å²) in [6.45, 7) is 0. The zero-order valence-corrected chi connectivity index (χ0v) is 11.7. The van der Waals surface area contributed by atoms with Crippen molar-refractivity contribution in [1.29, 1.82) is 0 Å². The molecule has 1 unspecified atom stereocenters. The fraction of sp³-hybridized carbons (Fsp3) is 0.133. The summed E-state index contributed by atoms with van der Waals surface area (Å²) in [5.74, 6) is 0.668. The van der Waals surface area contributed by atoms with E-state index in [4.69, 9.17) is 9.26 Å². The number of methoxy groups -OCH3 is 1. The maximum absolute atomic E-state index is 11.7. The maximum atomic E-state index is 11.7. The van der Waals surface area contributed by atoms with Gasteiger partial charge < -0.3 is 4.74 Å². The number of ether oxygens (including phenoxy) is 1. The molecular formula is C15H13O4P. The lowest BCUT2D eigenvalue weighted by atomic mass is 9.88. The van der Waals surface area contributed by atoms with Crippen molar-refractivity contribution in [2.75, 3.05) is 7.11 Å². The van der Waals surface area contributed by atoms with E-state index in [1.807, 2.05) is 6.07 Å². The van der Waals surface area contributed by atoms with E-state index in [1.165, 1.54) is 0 Å². The Labute approximate surface area is 118 Å². The van der Waals surface area contributed by atoms with Crippen molar-refractivity contribution < 1.29 is 18.6 Å². The van der Waals surface area contributed by atoms with Gasteiger partial charge in [-0.25, -0.2) is 4.57 Å². The molecular weight excluding hydrogens is 275 g/mol. The van der Waals surface area contributed by atoms with Crippen LogP contribution in [0.1, 0.15) is 11.1 Å². The maximum Gasteiger partial charge on any atom is 0.329 e. The van der Waals surface area contributed by atoms with Gasteiger partial charge in [0.1, 0.15) is 5.75 Å². The zero-order valence-electron chi connectivity index (χ0n) is 10.9. The molecule has 2 aromatic rings. The van der Waals surface area contributed by atoms with Crippen molar-refractivity contribution in [2.24, 2.45) is 0 Å². The molecule has 0 aliphatic heterocycles. The molecule has 2 aromatic carbocycles. The molecule has 0 saturated heterocycles. The second-order valence-corrected chi connectivity index (χ2v) is 4.45. The largest absolute Gasteiger partial charge is 0.497 e. The second-order valence-electron chi connectivity index (χ2n) is 4.11. The van der Waals surface area contributed by atoms with Crippen LogP contribution in [0.4, 0.5) is 0 Å². The lowest BCUT2D eigenvalue weighted by Gasteiger charge is -2.25. The summed E-state index contributed by atoms with van der Waals surface area (Å²) in [6.07, 6.45) is 0.648. The van der Waals surface area contributed by atoms with E-state index < -0.39 is 14.3 Å². The molecule has 0 heterocycles. The van der Waals surface area contributed by atoms with Crippen LogP contribution in [0.25, 0.3) is 0 Å². The van der Waals surface area contributed by atoms with Crippen molar-refractivity contribution in [3.05, 3.63) is 65.7 Å². The highest BCUT2D eigenvalue weighted by Gasteiger charge is 2.36. The molecule has 0 aliphatic rings. The van der Waals surface area contributed by atoms with Crippen LogP contribution in [0.3, 0.4) is 0 Å². The van der Waals surface area contributed by atoms with E-state index in [9.17, 15) is 9.36 Å². The molecule has 2 rings (SSSR count). The van der Waals surface area contributed by atoms with Crippen LogP contribution >= 0.6 is 8.69 Å². The number of hydrogen-bond acceptors (Lipinski definition) is 4. The minimum atomic E-state index is -1.39. The Morgan fingerprint density at radius 3 is 2.10 bits per heavy atom. The Balaban J connectivity index is 2.56. The fourth-order valence-corrected chi connectivity index (χ4v) is 2.38. The first kappa shape index (κ1) is 14.4. The highest BCUT2D eigenvalue weighted by atomic mass is 31.1. The summed E-state index contributed by atoms with van der Waals surface area (Å²) in [4.78, 5) is 11.7. The second kappa shape index (κ2) is 6.42. The molecule has 0 saturated carbocycles. The number of hydrogen-bond donors (Lipinski definition) is 0. The normalized spacial score (nSPS) is 13.7. The Morgan fingerprint density at radius 1 is 1.00 bits per heavy atom. The van der Waals surface area contributed by atoms with E-state index in [2.05, 4.69) is 0 Å². The molecule has 0 radical (unpaired) electrons. The minimum absolute atomic E-state index is 0.564. The predicted octanol–water partition coefficient (Wildman–Crippen LogP) is 3.36. The van der Waals surface area contributed by atoms with Crippen LogP contribution in [0.2, 0.25) is 0 Å². The van der Waals surface area contributed by atoms with Crippen molar-refractivity contribution in [3.63, 3.8) is 0 Å². The molecule has 0 aliphatic carbocycles. The third kappa shape index (κ3) is 2.62. The molecule has 4 nitrogen and oxygen atoms in total. The first-order valence-electron chi connectivity index (χ1n) is 5.94. The first-order chi connectivity index (χ1) is 9.76. The molecule has 0 N–H and O–H groups in total. The standard InChI is InChI=1S/C15H13O4P/c1-18-14-9-7-13(8-10-14)15(11-16,19-20-17)12-5-3-2-4-6-12/h2-11H,1H3. The average Bonchev–Trinajstić information content (AvgIpc) is 2.54. The summed E-state index contributed by atoms with van der Waals surface area (Å²) < 4.78 is 21.3. The van der Waals surface area contributed by atoms with Crippen molar-refractivity contribution in [3.8, 4) is 5.75 Å². The molecule has 5 heteroatoms. The Hall–Kier alpha value is -2.03. The number of carbonyl (C=O) groups excluding carboxylic acids is 1. The fourth-order valence-electron chi connectivity index (χ4n) is 2.01. The Kier molecular flexibility index (Phi) is 4.61. The van der Waals surface area contributed by atoms with Gasteiger partial charge in [-0.2, -0.15) is 0 Å². The average molecular weight is 288 g/mol. The van der Waals surface area contributed by atoms with Crippen LogP contribution in [0, 0.1) is 0 Å². The molecule has 0 spiro atoms. The van der Waals surface area contributed by atoms with Crippen LogP contribution in [0.15, 0.2) is 54.6 Å². The van der Waals surface area contributed by atoms with Gasteiger partial charge in [0.2, 0.25) is 0 Å². The molecule has 0 fully saturated rings. The van der Waals surface area contributed by atoms with Crippen LogP contribution < -0.4 is 4.74 Å². The van der Waals surface area contributed by atoms with Gasteiger partial charge in [-0.3, -0.25) is 9.32 Å². The molecule has 20 heavy (non-hydrogen) atoms. The monoisotopic (exact) mass is 288 g/mol. The van der Waals surface area contributed by atoms with Gasteiger partial charge in [0.15, 0.2) is 11.9 Å². The van der Waals surface area contributed by atoms with Gasteiger partial charge >= 0.3 is 8.69 Å². The van der Waals surface area contributed by atoms with Crippen molar-refractivity contribution in [1.82, 2.24) is 0 Å². The van der Waals surface area contributed by atoms with Gasteiger partial charge in [-0.05, 0) is 23.3 Å². The number of carbonyl (C=O) groups is 1. The Morgan fingerprint density at radius 2 is 1.60 bits per heavy atom. The van der Waals surface area contributed by atoms with Crippen LogP contribution in [0.5, 0.6) is 5.75 Å². The van der Waals surface area contributed by atoms with Crippen LogP contribution in [-0.4, -0.2) is 13.4 Å². The van der Waals surface area contributed by atoms with E-state index in [1.54, 1.807) is 55.6 Å². The SMILES string of the molecule is COc1ccc(C(C=O)(OP=O)c2ccccc2)cc1. The van der Waals surface area contributed by atoms with E-state index in [0.717, 1.165) is 0 Å². The first-order valence-corrected chi connectivity index (χ1v) is 6.67. The van der Waals surface area contributed by atoms with Gasteiger partial charge in [0.05, 0.1) is 7.11 Å². The van der Waals surface area contributed by atoms with Crippen molar-refractivity contribution >= 4 is 15.0 Å². The number of benzene rings is 2. The van der Waals surface area contributed by atoms with E-state index >= 15 is 0 Å². The third-order valence-corrected chi connectivity index (χ3v) is 3.43. The number of aldehydes is 1. The summed E-state index contributed by atoms with van der Waals surface area (Å²) in [6, 6.07) is 15.8. The van der Waals surface area contributed by atoms with Gasteiger partial charge in [-0.1, -0.05) is 42.5 Å². The van der Waals surface area contributed by atoms with Gasteiger partial charge in [0, 0.05) is 0 Å². The lowest BCUT2D eigenvalue weighted by Crippen LogP contribution is -2.30. The minimum Gasteiger partial charge on any atom is -0.497 e. The smallest absolute Gasteiger partial charge is 0.329 e. The molecule has 0 amide bonds.